The summed E-state index contributed by atoms with van der Waals surface area (Å²) in [6.45, 7) is 0.699. The molecule has 7 heteroatoms. The number of nitrogens with zero attached hydrogens (tertiary/aromatic N) is 2. The number of carboxylic acid groups (broad SMARTS) is 1. The maximum atomic E-state index is 12.2. The molecule has 1 aliphatic heterocycles. The van der Waals surface area contributed by atoms with Crippen molar-refractivity contribution in [1.29, 1.82) is 0 Å². The van der Waals surface area contributed by atoms with E-state index in [1.54, 1.807) is 0 Å². The maximum Gasteiger partial charge on any atom is 0.308 e. The average molecular weight is 278 g/mol. The number of aliphatic carboxylic acids is 1. The van der Waals surface area contributed by atoms with Crippen LogP contribution in [0.25, 0.3) is 0 Å². The van der Waals surface area contributed by atoms with Gasteiger partial charge in [0.05, 0.1) is 10.8 Å². The average Bonchev–Trinajstić information content (AvgIpc) is 2.46. The van der Waals surface area contributed by atoms with Crippen molar-refractivity contribution in [2.45, 2.75) is 12.8 Å². The van der Waals surface area contributed by atoms with Gasteiger partial charge in [-0.2, -0.15) is 0 Å². The molecule has 1 atom stereocenters. The van der Waals surface area contributed by atoms with E-state index < -0.39 is 16.8 Å². The van der Waals surface area contributed by atoms with Gasteiger partial charge < -0.3 is 10.0 Å². The lowest BCUT2D eigenvalue weighted by Crippen LogP contribution is -2.42. The molecule has 1 aromatic rings. The zero-order valence-electron chi connectivity index (χ0n) is 10.7. The van der Waals surface area contributed by atoms with Gasteiger partial charge in [0, 0.05) is 30.8 Å². The van der Waals surface area contributed by atoms with Crippen LogP contribution >= 0.6 is 0 Å². The summed E-state index contributed by atoms with van der Waals surface area (Å²) < 4.78 is 0. The first-order valence-electron chi connectivity index (χ1n) is 6.25. The van der Waals surface area contributed by atoms with Gasteiger partial charge in [-0.3, -0.25) is 19.7 Å². The van der Waals surface area contributed by atoms with Crippen molar-refractivity contribution in [2.24, 2.45) is 5.92 Å². The molecule has 0 bridgehead atoms. The Hall–Kier alpha value is -2.44. The molecule has 1 N–H and O–H groups in total. The number of carbonyl (C=O) groups excluding carboxylic acids is 1. The molecule has 106 valence electrons. The summed E-state index contributed by atoms with van der Waals surface area (Å²) in [5.41, 5.74) is 0.255. The van der Waals surface area contributed by atoms with E-state index in [1.165, 1.54) is 29.2 Å². The summed E-state index contributed by atoms with van der Waals surface area (Å²) in [6.07, 6.45) is 1.22. The van der Waals surface area contributed by atoms with Gasteiger partial charge in [-0.05, 0) is 25.0 Å². The Morgan fingerprint density at radius 2 is 1.95 bits per heavy atom. The van der Waals surface area contributed by atoms with Crippen molar-refractivity contribution in [1.82, 2.24) is 4.90 Å². The minimum absolute atomic E-state index is 0.0800. The lowest BCUT2D eigenvalue weighted by atomic mass is 9.97. The van der Waals surface area contributed by atoms with Crippen LogP contribution in [-0.2, 0) is 4.79 Å². The smallest absolute Gasteiger partial charge is 0.308 e. The first-order valence-corrected chi connectivity index (χ1v) is 6.25. The standard InChI is InChI=1S/C13H14N2O5/c16-12(9-3-5-11(6-4-9)15(19)20)14-7-1-2-10(8-14)13(17)18/h3-6,10H,1-2,7-8H2,(H,17,18)/t10-/m1/s1. The topological polar surface area (TPSA) is 101 Å². The SMILES string of the molecule is O=C(O)[C@@H]1CCCN(C(=O)c2ccc([N+](=O)[O-])cc2)C1. The van der Waals surface area contributed by atoms with Crippen LogP contribution < -0.4 is 0 Å². The van der Waals surface area contributed by atoms with Gasteiger partial charge in [0.15, 0.2) is 0 Å². The molecule has 1 fully saturated rings. The second-order valence-corrected chi connectivity index (χ2v) is 4.73. The Balaban J connectivity index is 2.10. The molecule has 1 aromatic carbocycles. The minimum atomic E-state index is -0.897. The van der Waals surface area contributed by atoms with Crippen LogP contribution in [-0.4, -0.2) is 39.9 Å². The lowest BCUT2D eigenvalue weighted by molar-refractivity contribution is -0.384. The Labute approximate surface area is 115 Å². The van der Waals surface area contributed by atoms with Gasteiger partial charge in [0.1, 0.15) is 0 Å². The summed E-state index contributed by atoms with van der Waals surface area (Å²) in [4.78, 5) is 34.7. The van der Waals surface area contributed by atoms with E-state index in [0.29, 0.717) is 24.9 Å². The summed E-state index contributed by atoms with van der Waals surface area (Å²) in [5, 5.41) is 19.5. The minimum Gasteiger partial charge on any atom is -0.481 e. The highest BCUT2D eigenvalue weighted by atomic mass is 16.6. The third-order valence-electron chi connectivity index (χ3n) is 3.38. The number of non-ortho nitro benzene ring substituents is 1. The number of nitro benzene ring substituents is 1. The van der Waals surface area contributed by atoms with Crippen LogP contribution in [0, 0.1) is 16.0 Å². The summed E-state index contributed by atoms with van der Waals surface area (Å²) >= 11 is 0. The highest BCUT2D eigenvalue weighted by Crippen LogP contribution is 2.20. The Morgan fingerprint density at radius 3 is 2.50 bits per heavy atom. The fraction of sp³-hybridized carbons (Fsp3) is 0.385. The van der Waals surface area contributed by atoms with E-state index in [1.807, 2.05) is 0 Å². The second-order valence-electron chi connectivity index (χ2n) is 4.73. The van der Waals surface area contributed by atoms with E-state index in [-0.39, 0.29) is 18.1 Å². The third kappa shape index (κ3) is 2.93. The highest BCUT2D eigenvalue weighted by Gasteiger charge is 2.28. The van der Waals surface area contributed by atoms with Crippen molar-refractivity contribution in [3.05, 3.63) is 39.9 Å². The monoisotopic (exact) mass is 278 g/mol. The molecule has 1 heterocycles. The van der Waals surface area contributed by atoms with E-state index in [2.05, 4.69) is 0 Å². The predicted octanol–water partition coefficient (Wildman–Crippen LogP) is 1.53. The fourth-order valence-electron chi connectivity index (χ4n) is 2.27. The number of hydrogen-bond acceptors (Lipinski definition) is 4. The van der Waals surface area contributed by atoms with Crippen molar-refractivity contribution in [3.8, 4) is 0 Å². The van der Waals surface area contributed by atoms with Crippen molar-refractivity contribution in [2.75, 3.05) is 13.1 Å². The van der Waals surface area contributed by atoms with E-state index >= 15 is 0 Å². The molecule has 0 radical (unpaired) electrons. The summed E-state index contributed by atoms with van der Waals surface area (Å²) in [7, 11) is 0. The molecule has 1 saturated heterocycles. The van der Waals surface area contributed by atoms with Crippen molar-refractivity contribution >= 4 is 17.6 Å². The molecule has 0 unspecified atom stereocenters. The number of hydrogen-bond donors (Lipinski definition) is 1. The number of carboxylic acids is 1. The number of piperidine rings is 1. The Morgan fingerprint density at radius 1 is 1.30 bits per heavy atom. The highest BCUT2D eigenvalue weighted by molar-refractivity contribution is 5.94. The first-order chi connectivity index (χ1) is 9.49. The maximum absolute atomic E-state index is 12.2. The van der Waals surface area contributed by atoms with Gasteiger partial charge >= 0.3 is 5.97 Å². The van der Waals surface area contributed by atoms with Crippen molar-refractivity contribution < 1.29 is 19.6 Å². The number of nitro groups is 1. The van der Waals surface area contributed by atoms with Crippen LogP contribution in [0.3, 0.4) is 0 Å². The molecule has 0 aliphatic carbocycles. The number of carbonyl (C=O) groups is 2. The largest absolute Gasteiger partial charge is 0.481 e. The molecule has 2 rings (SSSR count). The molecule has 0 saturated carbocycles. The zero-order chi connectivity index (χ0) is 14.7. The van der Waals surface area contributed by atoms with E-state index in [0.717, 1.165) is 0 Å². The molecule has 7 nitrogen and oxygen atoms in total. The van der Waals surface area contributed by atoms with Gasteiger partial charge in [-0.1, -0.05) is 0 Å². The molecular formula is C13H14N2O5. The Kier molecular flexibility index (Phi) is 3.97. The van der Waals surface area contributed by atoms with Crippen LogP contribution in [0.4, 0.5) is 5.69 Å². The first kappa shape index (κ1) is 14.0. The molecule has 1 amide bonds. The Bertz CT molecular complexity index is 540. The normalized spacial score (nSPS) is 18.6. The quantitative estimate of drug-likeness (QED) is 0.667. The molecule has 0 spiro atoms. The number of likely N-dealkylation sites (tertiary alicyclic amines) is 1. The van der Waals surface area contributed by atoms with E-state index in [4.69, 9.17) is 5.11 Å². The molecule has 1 aliphatic rings. The van der Waals surface area contributed by atoms with Gasteiger partial charge in [-0.25, -0.2) is 0 Å². The van der Waals surface area contributed by atoms with E-state index in [9.17, 15) is 19.7 Å². The lowest BCUT2D eigenvalue weighted by Gasteiger charge is -2.30. The molecule has 0 aromatic heterocycles. The number of amides is 1. The molecular weight excluding hydrogens is 264 g/mol. The van der Waals surface area contributed by atoms with Gasteiger partial charge in [0.25, 0.3) is 11.6 Å². The second kappa shape index (κ2) is 5.68. The number of benzene rings is 1. The van der Waals surface area contributed by atoms with Crippen LogP contribution in [0.15, 0.2) is 24.3 Å². The third-order valence-corrected chi connectivity index (χ3v) is 3.38. The number of rotatable bonds is 3. The summed E-state index contributed by atoms with van der Waals surface area (Å²) in [6, 6.07) is 5.33. The van der Waals surface area contributed by atoms with Gasteiger partial charge in [0.2, 0.25) is 0 Å². The molecule has 20 heavy (non-hydrogen) atoms. The van der Waals surface area contributed by atoms with Gasteiger partial charge in [-0.15, -0.1) is 0 Å². The predicted molar refractivity (Wildman–Crippen MR) is 69.4 cm³/mol. The van der Waals surface area contributed by atoms with Crippen molar-refractivity contribution in [3.63, 3.8) is 0 Å². The van der Waals surface area contributed by atoms with Crippen LogP contribution in [0.1, 0.15) is 23.2 Å². The zero-order valence-corrected chi connectivity index (χ0v) is 10.7. The van der Waals surface area contributed by atoms with Crippen LogP contribution in [0.5, 0.6) is 0 Å². The fourth-order valence-corrected chi connectivity index (χ4v) is 2.27. The summed E-state index contributed by atoms with van der Waals surface area (Å²) in [5.74, 6) is -1.72. The van der Waals surface area contributed by atoms with Crippen LogP contribution in [0.2, 0.25) is 0 Å².